The Morgan fingerprint density at radius 2 is 2.08 bits per heavy atom. The van der Waals surface area contributed by atoms with Gasteiger partial charge in [0, 0.05) is 13.0 Å². The number of alkyl halides is 1. The molecule has 1 aromatic rings. The van der Waals surface area contributed by atoms with Crippen molar-refractivity contribution in [3.8, 4) is 0 Å². The van der Waals surface area contributed by atoms with E-state index in [1.165, 1.54) is 0 Å². The molecule has 0 amide bonds. The third kappa shape index (κ3) is 3.74. The molecule has 0 aliphatic rings. The Labute approximate surface area is 82.2 Å². The van der Waals surface area contributed by atoms with Crippen molar-refractivity contribution < 1.29 is 9.15 Å². The van der Waals surface area contributed by atoms with Gasteiger partial charge in [0.1, 0.15) is 5.88 Å². The highest BCUT2D eigenvalue weighted by molar-refractivity contribution is 6.16. The highest BCUT2D eigenvalue weighted by atomic mass is 35.5. The van der Waals surface area contributed by atoms with E-state index in [2.05, 4.69) is 17.1 Å². The van der Waals surface area contributed by atoms with E-state index in [0.717, 1.165) is 13.0 Å². The second kappa shape index (κ2) is 5.94. The van der Waals surface area contributed by atoms with Crippen LogP contribution in [0.25, 0.3) is 0 Å². The Balaban J connectivity index is 2.20. The molecule has 1 rings (SSSR count). The normalized spacial score (nSPS) is 10.6. The molecule has 0 unspecified atom stereocenters. The van der Waals surface area contributed by atoms with Gasteiger partial charge >= 0.3 is 0 Å². The largest absolute Gasteiger partial charge is 0.424 e. The molecule has 4 nitrogen and oxygen atoms in total. The van der Waals surface area contributed by atoms with E-state index >= 15 is 0 Å². The maximum atomic E-state index is 5.50. The molecule has 0 N–H and O–H groups in total. The molecule has 0 atom stereocenters. The molecule has 0 aliphatic heterocycles. The second-order valence-electron chi connectivity index (χ2n) is 2.59. The number of ether oxygens (including phenoxy) is 1. The predicted octanol–water partition coefficient (Wildman–Crippen LogP) is 1.78. The lowest BCUT2D eigenvalue weighted by molar-refractivity contribution is 0.133. The maximum Gasteiger partial charge on any atom is 0.231 e. The van der Waals surface area contributed by atoms with E-state index in [9.17, 15) is 0 Å². The van der Waals surface area contributed by atoms with Crippen molar-refractivity contribution >= 4 is 11.6 Å². The van der Waals surface area contributed by atoms with Crippen molar-refractivity contribution in [3.05, 3.63) is 11.8 Å². The summed E-state index contributed by atoms with van der Waals surface area (Å²) in [5.74, 6) is 1.32. The van der Waals surface area contributed by atoms with Crippen LogP contribution in [0.1, 0.15) is 25.1 Å². The highest BCUT2D eigenvalue weighted by Crippen LogP contribution is 2.03. The summed E-state index contributed by atoms with van der Waals surface area (Å²) in [4.78, 5) is 0. The van der Waals surface area contributed by atoms with Crippen LogP contribution in [0.15, 0.2) is 4.42 Å². The molecular formula is C8H13ClN2O2. The Morgan fingerprint density at radius 3 is 2.69 bits per heavy atom. The lowest BCUT2D eigenvalue weighted by atomic mass is 10.4. The van der Waals surface area contributed by atoms with Gasteiger partial charge in [-0.3, -0.25) is 0 Å². The van der Waals surface area contributed by atoms with Crippen LogP contribution in [0.3, 0.4) is 0 Å². The Morgan fingerprint density at radius 1 is 1.31 bits per heavy atom. The van der Waals surface area contributed by atoms with Crippen LogP contribution in [0, 0.1) is 0 Å². The smallest absolute Gasteiger partial charge is 0.231 e. The van der Waals surface area contributed by atoms with Crippen LogP contribution >= 0.6 is 11.6 Å². The highest BCUT2D eigenvalue weighted by Gasteiger charge is 2.03. The van der Waals surface area contributed by atoms with Gasteiger partial charge in [-0.05, 0) is 6.42 Å². The first-order chi connectivity index (χ1) is 6.36. The van der Waals surface area contributed by atoms with Gasteiger partial charge in [-0.25, -0.2) is 0 Å². The van der Waals surface area contributed by atoms with Crippen LogP contribution in [-0.4, -0.2) is 23.4 Å². The molecule has 5 heteroatoms. The first-order valence-corrected chi connectivity index (χ1v) is 4.85. The number of aromatic nitrogens is 2. The molecule has 13 heavy (non-hydrogen) atoms. The molecule has 0 aliphatic carbocycles. The molecule has 0 spiro atoms. The SMILES string of the molecule is CCCOCCc1nnc(CCl)o1. The summed E-state index contributed by atoms with van der Waals surface area (Å²) < 4.78 is 10.4. The molecule has 0 bridgehead atoms. The summed E-state index contributed by atoms with van der Waals surface area (Å²) in [6.07, 6.45) is 1.68. The minimum absolute atomic E-state index is 0.267. The van der Waals surface area contributed by atoms with Crippen LogP contribution in [-0.2, 0) is 17.0 Å². The molecule has 0 radical (unpaired) electrons. The third-order valence-corrected chi connectivity index (χ3v) is 1.66. The van der Waals surface area contributed by atoms with Gasteiger partial charge in [0.2, 0.25) is 11.8 Å². The molecular weight excluding hydrogens is 192 g/mol. The molecule has 0 fully saturated rings. The fourth-order valence-electron chi connectivity index (χ4n) is 0.849. The number of hydrogen-bond donors (Lipinski definition) is 0. The van der Waals surface area contributed by atoms with Crippen LogP contribution in [0.5, 0.6) is 0 Å². The lowest BCUT2D eigenvalue weighted by Gasteiger charge is -1.97. The van der Waals surface area contributed by atoms with Crippen molar-refractivity contribution in [2.75, 3.05) is 13.2 Å². The van der Waals surface area contributed by atoms with Gasteiger partial charge in [-0.1, -0.05) is 6.92 Å². The fraction of sp³-hybridized carbons (Fsp3) is 0.750. The first-order valence-electron chi connectivity index (χ1n) is 4.31. The van der Waals surface area contributed by atoms with E-state index in [0.29, 0.717) is 24.8 Å². The summed E-state index contributed by atoms with van der Waals surface area (Å²) in [5, 5.41) is 7.53. The minimum Gasteiger partial charge on any atom is -0.424 e. The zero-order valence-electron chi connectivity index (χ0n) is 7.62. The van der Waals surface area contributed by atoms with E-state index in [4.69, 9.17) is 20.8 Å². The Kier molecular flexibility index (Phi) is 4.78. The molecule has 0 aromatic carbocycles. The standard InChI is InChI=1S/C8H13ClN2O2/c1-2-4-12-5-3-7-10-11-8(6-9)13-7/h2-6H2,1H3. The summed E-state index contributed by atoms with van der Waals surface area (Å²) in [5.41, 5.74) is 0. The molecule has 0 saturated carbocycles. The van der Waals surface area contributed by atoms with E-state index in [1.807, 2.05) is 0 Å². The van der Waals surface area contributed by atoms with Gasteiger partial charge in [-0.15, -0.1) is 21.8 Å². The number of hydrogen-bond acceptors (Lipinski definition) is 4. The molecule has 1 heterocycles. The first kappa shape index (κ1) is 10.5. The minimum atomic E-state index is 0.267. The maximum absolute atomic E-state index is 5.50. The van der Waals surface area contributed by atoms with Crippen LogP contribution in [0.2, 0.25) is 0 Å². The van der Waals surface area contributed by atoms with Crippen molar-refractivity contribution in [2.24, 2.45) is 0 Å². The Hall–Kier alpha value is -0.610. The van der Waals surface area contributed by atoms with Crippen LogP contribution < -0.4 is 0 Å². The fourth-order valence-corrected chi connectivity index (χ4v) is 0.957. The average Bonchev–Trinajstić information content (AvgIpc) is 2.60. The van der Waals surface area contributed by atoms with E-state index < -0.39 is 0 Å². The number of halogens is 1. The van der Waals surface area contributed by atoms with Crippen molar-refractivity contribution in [2.45, 2.75) is 25.6 Å². The zero-order chi connectivity index (χ0) is 9.52. The molecule has 1 aromatic heterocycles. The van der Waals surface area contributed by atoms with Gasteiger partial charge in [0.05, 0.1) is 6.61 Å². The summed E-state index contributed by atoms with van der Waals surface area (Å²) in [6.45, 7) is 3.46. The monoisotopic (exact) mass is 204 g/mol. The average molecular weight is 205 g/mol. The second-order valence-corrected chi connectivity index (χ2v) is 2.85. The Bertz CT molecular complexity index is 240. The summed E-state index contributed by atoms with van der Waals surface area (Å²) >= 11 is 5.50. The van der Waals surface area contributed by atoms with E-state index in [-0.39, 0.29) is 5.88 Å². The number of rotatable bonds is 6. The van der Waals surface area contributed by atoms with Gasteiger partial charge < -0.3 is 9.15 Å². The van der Waals surface area contributed by atoms with Gasteiger partial charge in [0.25, 0.3) is 0 Å². The van der Waals surface area contributed by atoms with Crippen molar-refractivity contribution in [1.82, 2.24) is 10.2 Å². The number of nitrogens with zero attached hydrogens (tertiary/aromatic N) is 2. The zero-order valence-corrected chi connectivity index (χ0v) is 8.38. The van der Waals surface area contributed by atoms with Crippen molar-refractivity contribution in [1.29, 1.82) is 0 Å². The summed E-state index contributed by atoms with van der Waals surface area (Å²) in [6, 6.07) is 0. The van der Waals surface area contributed by atoms with Crippen molar-refractivity contribution in [3.63, 3.8) is 0 Å². The third-order valence-electron chi connectivity index (χ3n) is 1.43. The predicted molar refractivity (Wildman–Crippen MR) is 48.7 cm³/mol. The van der Waals surface area contributed by atoms with Gasteiger partial charge in [-0.2, -0.15) is 0 Å². The molecule has 0 saturated heterocycles. The molecule has 74 valence electrons. The summed E-state index contributed by atoms with van der Waals surface area (Å²) in [7, 11) is 0. The van der Waals surface area contributed by atoms with Gasteiger partial charge in [0.15, 0.2) is 0 Å². The quantitative estimate of drug-likeness (QED) is 0.524. The lowest BCUT2D eigenvalue weighted by Crippen LogP contribution is -1.99. The van der Waals surface area contributed by atoms with E-state index in [1.54, 1.807) is 0 Å². The topological polar surface area (TPSA) is 48.2 Å². The van der Waals surface area contributed by atoms with Crippen LogP contribution in [0.4, 0.5) is 0 Å².